The van der Waals surface area contributed by atoms with Gasteiger partial charge in [0.25, 0.3) is 0 Å². The molecule has 3 heteroatoms. The lowest BCUT2D eigenvalue weighted by atomic mass is 10.1. The second-order valence-electron chi connectivity index (χ2n) is 5.75. The maximum absolute atomic E-state index is 3.48. The van der Waals surface area contributed by atoms with Gasteiger partial charge >= 0.3 is 0 Å². The van der Waals surface area contributed by atoms with Crippen LogP contribution in [0.15, 0.2) is 97.2 Å². The predicted molar refractivity (Wildman–Crippen MR) is 100 cm³/mol. The van der Waals surface area contributed by atoms with E-state index in [2.05, 4.69) is 101 Å². The monoisotopic (exact) mass is 313 g/mol. The van der Waals surface area contributed by atoms with Crippen molar-refractivity contribution in [2.45, 2.75) is 0 Å². The van der Waals surface area contributed by atoms with Crippen LogP contribution in [0.2, 0.25) is 0 Å². The number of nitrogens with zero attached hydrogens (tertiary/aromatic N) is 2. The van der Waals surface area contributed by atoms with Gasteiger partial charge in [0.05, 0.1) is 17.9 Å². The maximum atomic E-state index is 3.48. The lowest BCUT2D eigenvalue weighted by Gasteiger charge is -2.37. The molecule has 0 amide bonds. The van der Waals surface area contributed by atoms with Crippen molar-refractivity contribution in [2.24, 2.45) is 0 Å². The minimum absolute atomic E-state index is 0.803. The molecule has 0 aliphatic carbocycles. The Morgan fingerprint density at radius 3 is 1.79 bits per heavy atom. The average molecular weight is 313 g/mol. The molecule has 3 aromatic rings. The minimum atomic E-state index is 0.803. The predicted octanol–water partition coefficient (Wildman–Crippen LogP) is 4.47. The van der Waals surface area contributed by atoms with Gasteiger partial charge in [-0.1, -0.05) is 66.7 Å². The summed E-state index contributed by atoms with van der Waals surface area (Å²) >= 11 is 0. The van der Waals surface area contributed by atoms with Crippen LogP contribution in [0.5, 0.6) is 0 Å². The zero-order valence-electron chi connectivity index (χ0n) is 13.3. The highest BCUT2D eigenvalue weighted by Crippen LogP contribution is 2.25. The Hall–Kier alpha value is -3.04. The molecular formula is C21H19N3. The van der Waals surface area contributed by atoms with Crippen LogP contribution in [-0.4, -0.2) is 6.54 Å². The number of para-hydroxylation sites is 2. The molecule has 1 N–H and O–H groups in total. The van der Waals surface area contributed by atoms with Crippen LogP contribution in [-0.2, 0) is 0 Å². The molecule has 1 heterocycles. The van der Waals surface area contributed by atoms with Crippen LogP contribution in [0.25, 0.3) is 5.57 Å². The van der Waals surface area contributed by atoms with Gasteiger partial charge in [-0.15, -0.1) is 5.53 Å². The van der Waals surface area contributed by atoms with Crippen molar-refractivity contribution in [2.75, 3.05) is 16.6 Å². The Morgan fingerprint density at radius 1 is 0.625 bits per heavy atom. The Labute approximate surface area is 142 Å². The van der Waals surface area contributed by atoms with Gasteiger partial charge in [-0.25, -0.2) is 0 Å². The summed E-state index contributed by atoms with van der Waals surface area (Å²) in [5.41, 5.74) is 8.22. The van der Waals surface area contributed by atoms with E-state index >= 15 is 0 Å². The topological polar surface area (TPSA) is 18.5 Å². The number of nitrogens with one attached hydrogen (secondary N) is 1. The Morgan fingerprint density at radius 2 is 1.17 bits per heavy atom. The molecule has 0 unspecified atom stereocenters. The lowest BCUT2D eigenvalue weighted by Crippen LogP contribution is -2.52. The van der Waals surface area contributed by atoms with Crippen molar-refractivity contribution in [3.63, 3.8) is 0 Å². The van der Waals surface area contributed by atoms with Gasteiger partial charge in [0, 0.05) is 6.20 Å². The summed E-state index contributed by atoms with van der Waals surface area (Å²) in [5.74, 6) is 0. The van der Waals surface area contributed by atoms with Crippen molar-refractivity contribution < 1.29 is 0 Å². The van der Waals surface area contributed by atoms with Gasteiger partial charge in [0.15, 0.2) is 0 Å². The third-order valence-corrected chi connectivity index (χ3v) is 4.09. The molecule has 0 saturated heterocycles. The van der Waals surface area contributed by atoms with E-state index in [-0.39, 0.29) is 0 Å². The van der Waals surface area contributed by atoms with Gasteiger partial charge in [-0.2, -0.15) is 0 Å². The molecule has 0 bridgehead atoms. The van der Waals surface area contributed by atoms with Gasteiger partial charge < -0.3 is 0 Å². The summed E-state index contributed by atoms with van der Waals surface area (Å²) in [6.45, 7) is 0.803. The fourth-order valence-corrected chi connectivity index (χ4v) is 2.86. The number of anilines is 2. The molecule has 3 nitrogen and oxygen atoms in total. The Bertz CT molecular complexity index is 813. The highest BCUT2D eigenvalue weighted by Gasteiger charge is 2.19. The summed E-state index contributed by atoms with van der Waals surface area (Å²) in [5, 5.41) is 4.23. The van der Waals surface area contributed by atoms with E-state index in [0.29, 0.717) is 0 Å². The molecule has 3 aromatic carbocycles. The lowest BCUT2D eigenvalue weighted by molar-refractivity contribution is 0.645. The van der Waals surface area contributed by atoms with Crippen LogP contribution >= 0.6 is 0 Å². The minimum Gasteiger partial charge on any atom is -0.286 e. The van der Waals surface area contributed by atoms with E-state index in [1.807, 2.05) is 12.1 Å². The second kappa shape index (κ2) is 6.60. The molecule has 0 radical (unpaired) electrons. The summed E-state index contributed by atoms with van der Waals surface area (Å²) in [4.78, 5) is 0. The molecule has 1 aliphatic rings. The van der Waals surface area contributed by atoms with Crippen molar-refractivity contribution in [1.29, 1.82) is 0 Å². The summed E-state index contributed by atoms with van der Waals surface area (Å²) in [6.07, 6.45) is 2.17. The molecule has 4 rings (SSSR count). The van der Waals surface area contributed by atoms with Gasteiger partial charge in [-0.05, 0) is 35.4 Å². The number of hydrazine groups is 2. The Kier molecular flexibility index (Phi) is 4.00. The first-order valence-corrected chi connectivity index (χ1v) is 8.09. The van der Waals surface area contributed by atoms with E-state index in [0.717, 1.165) is 17.9 Å². The summed E-state index contributed by atoms with van der Waals surface area (Å²) in [6, 6.07) is 31.2. The fourth-order valence-electron chi connectivity index (χ4n) is 2.86. The smallest absolute Gasteiger partial charge is 0.0633 e. The first-order chi connectivity index (χ1) is 11.9. The van der Waals surface area contributed by atoms with Crippen LogP contribution in [0.3, 0.4) is 0 Å². The van der Waals surface area contributed by atoms with Gasteiger partial charge in [0.2, 0.25) is 0 Å². The largest absolute Gasteiger partial charge is 0.286 e. The standard InChI is InChI=1S/C21H19N3/c1-4-10-18(11-5-1)19-16-23(20-12-6-2-7-13-20)22-24(17-19)21-14-8-3-9-15-21/h1-16,22H,17H2. The van der Waals surface area contributed by atoms with E-state index in [9.17, 15) is 0 Å². The van der Waals surface area contributed by atoms with Crippen LogP contribution in [0.4, 0.5) is 11.4 Å². The fraction of sp³-hybridized carbons (Fsp3) is 0.0476. The second-order valence-corrected chi connectivity index (χ2v) is 5.75. The Balaban J connectivity index is 1.73. The van der Waals surface area contributed by atoms with Crippen molar-refractivity contribution in [1.82, 2.24) is 5.53 Å². The van der Waals surface area contributed by atoms with Crippen molar-refractivity contribution >= 4 is 16.9 Å². The number of rotatable bonds is 3. The normalized spacial score (nSPS) is 14.4. The zero-order chi connectivity index (χ0) is 16.2. The molecule has 24 heavy (non-hydrogen) atoms. The molecule has 118 valence electrons. The summed E-state index contributed by atoms with van der Waals surface area (Å²) in [7, 11) is 0. The van der Waals surface area contributed by atoms with E-state index in [4.69, 9.17) is 0 Å². The van der Waals surface area contributed by atoms with Gasteiger partial charge in [-0.3, -0.25) is 10.0 Å². The SMILES string of the molecule is C1=C(c2ccccc2)CN(c2ccccc2)NN1c1ccccc1. The quantitative estimate of drug-likeness (QED) is 0.769. The highest BCUT2D eigenvalue weighted by atomic mass is 15.8. The first-order valence-electron chi connectivity index (χ1n) is 8.09. The van der Waals surface area contributed by atoms with E-state index < -0.39 is 0 Å². The van der Waals surface area contributed by atoms with Crippen LogP contribution in [0.1, 0.15) is 5.56 Å². The third kappa shape index (κ3) is 3.03. The first kappa shape index (κ1) is 14.5. The molecule has 0 fully saturated rings. The number of hydrogen-bond acceptors (Lipinski definition) is 3. The number of benzene rings is 3. The zero-order valence-corrected chi connectivity index (χ0v) is 13.3. The summed E-state index contributed by atoms with van der Waals surface area (Å²) < 4.78 is 0. The van der Waals surface area contributed by atoms with Crippen LogP contribution < -0.4 is 15.6 Å². The molecule has 0 aromatic heterocycles. The third-order valence-electron chi connectivity index (χ3n) is 4.09. The van der Waals surface area contributed by atoms with Crippen LogP contribution in [0, 0.1) is 0 Å². The molecule has 0 atom stereocenters. The highest BCUT2D eigenvalue weighted by molar-refractivity contribution is 5.74. The molecular weight excluding hydrogens is 294 g/mol. The van der Waals surface area contributed by atoms with Crippen molar-refractivity contribution in [3.8, 4) is 0 Å². The average Bonchev–Trinajstić information content (AvgIpc) is 2.70. The van der Waals surface area contributed by atoms with Gasteiger partial charge in [0.1, 0.15) is 0 Å². The molecule has 0 saturated carbocycles. The molecule has 1 aliphatic heterocycles. The molecule has 0 spiro atoms. The van der Waals surface area contributed by atoms with E-state index in [1.54, 1.807) is 0 Å². The number of hydrogen-bond donors (Lipinski definition) is 1. The van der Waals surface area contributed by atoms with E-state index in [1.165, 1.54) is 11.1 Å². The maximum Gasteiger partial charge on any atom is 0.0633 e. The van der Waals surface area contributed by atoms with Crippen molar-refractivity contribution in [3.05, 3.63) is 103 Å².